The molecule has 1 rings (SSSR count). The molecular weight excluding hydrogens is 171 g/mol. The predicted octanol–water partition coefficient (Wildman–Crippen LogP) is 0.574. The minimum absolute atomic E-state index is 0.233. The van der Waals surface area contributed by atoms with Crippen molar-refractivity contribution in [2.45, 2.75) is 12.5 Å². The van der Waals surface area contributed by atoms with E-state index in [1.165, 1.54) is 18.2 Å². The molecule has 0 radical (unpaired) electrons. The van der Waals surface area contributed by atoms with Crippen molar-refractivity contribution in [2.24, 2.45) is 5.73 Å². The molecule has 0 aliphatic heterocycles. The van der Waals surface area contributed by atoms with Gasteiger partial charge < -0.3 is 16.6 Å². The second kappa shape index (κ2) is 3.32. The Morgan fingerprint density at radius 3 is 2.62 bits per heavy atom. The Morgan fingerprint density at radius 2 is 2.15 bits per heavy atom. The van der Waals surface area contributed by atoms with Gasteiger partial charge in [0.2, 0.25) is 0 Å². The van der Waals surface area contributed by atoms with E-state index in [9.17, 15) is 4.39 Å². The standard InChI is InChI=1S/C9H13FN2O/c1-9(12,5-13)7-3-2-6(10)4-8(7)11/h2-4,13H,5,11-12H2,1H3/t9-/m0/s1. The van der Waals surface area contributed by atoms with Gasteiger partial charge in [0, 0.05) is 5.69 Å². The lowest BCUT2D eigenvalue weighted by Crippen LogP contribution is -2.37. The van der Waals surface area contributed by atoms with Crippen LogP contribution in [0.15, 0.2) is 18.2 Å². The molecule has 1 aromatic carbocycles. The molecular formula is C9H13FN2O. The minimum atomic E-state index is -0.919. The first-order valence-electron chi connectivity index (χ1n) is 3.92. The lowest BCUT2D eigenvalue weighted by molar-refractivity contribution is 0.210. The van der Waals surface area contributed by atoms with Gasteiger partial charge in [-0.25, -0.2) is 4.39 Å². The summed E-state index contributed by atoms with van der Waals surface area (Å²) in [5, 5.41) is 8.97. The summed E-state index contributed by atoms with van der Waals surface area (Å²) in [6.07, 6.45) is 0. The van der Waals surface area contributed by atoms with Gasteiger partial charge in [-0.05, 0) is 24.6 Å². The smallest absolute Gasteiger partial charge is 0.125 e. The number of nitrogens with two attached hydrogens (primary N) is 2. The number of anilines is 1. The zero-order valence-electron chi connectivity index (χ0n) is 7.42. The van der Waals surface area contributed by atoms with Crippen molar-refractivity contribution >= 4 is 5.69 Å². The molecule has 0 bridgehead atoms. The second-order valence-electron chi connectivity index (χ2n) is 3.31. The molecule has 0 spiro atoms. The van der Waals surface area contributed by atoms with Crippen molar-refractivity contribution in [3.63, 3.8) is 0 Å². The molecule has 0 amide bonds. The second-order valence-corrected chi connectivity index (χ2v) is 3.31. The zero-order valence-corrected chi connectivity index (χ0v) is 7.42. The monoisotopic (exact) mass is 184 g/mol. The third kappa shape index (κ3) is 1.96. The fourth-order valence-corrected chi connectivity index (χ4v) is 1.14. The maximum atomic E-state index is 12.7. The third-order valence-electron chi connectivity index (χ3n) is 1.96. The highest BCUT2D eigenvalue weighted by Crippen LogP contribution is 2.23. The van der Waals surface area contributed by atoms with E-state index in [1.807, 2.05) is 0 Å². The molecule has 13 heavy (non-hydrogen) atoms. The van der Waals surface area contributed by atoms with Crippen molar-refractivity contribution in [1.82, 2.24) is 0 Å². The van der Waals surface area contributed by atoms with Gasteiger partial charge in [0.05, 0.1) is 12.1 Å². The molecule has 1 aromatic rings. The Kier molecular flexibility index (Phi) is 2.54. The van der Waals surface area contributed by atoms with Crippen LogP contribution in [0.3, 0.4) is 0 Å². The molecule has 0 aromatic heterocycles. The fourth-order valence-electron chi connectivity index (χ4n) is 1.14. The SMILES string of the molecule is C[C@](N)(CO)c1ccc(F)cc1N. The molecule has 0 heterocycles. The summed E-state index contributed by atoms with van der Waals surface area (Å²) in [6, 6.07) is 3.95. The maximum absolute atomic E-state index is 12.7. The summed E-state index contributed by atoms with van der Waals surface area (Å²) in [6.45, 7) is 1.40. The van der Waals surface area contributed by atoms with Crippen molar-refractivity contribution in [1.29, 1.82) is 0 Å². The molecule has 0 aliphatic carbocycles. The number of halogens is 1. The Bertz CT molecular complexity index is 312. The van der Waals surface area contributed by atoms with E-state index < -0.39 is 11.4 Å². The normalized spacial score (nSPS) is 15.4. The summed E-state index contributed by atoms with van der Waals surface area (Å²) < 4.78 is 12.7. The average Bonchev–Trinajstić information content (AvgIpc) is 2.03. The van der Waals surface area contributed by atoms with Crippen molar-refractivity contribution in [3.05, 3.63) is 29.6 Å². The molecule has 0 saturated carbocycles. The molecule has 0 aliphatic rings. The first-order valence-corrected chi connectivity index (χ1v) is 3.92. The van der Waals surface area contributed by atoms with E-state index in [-0.39, 0.29) is 12.3 Å². The zero-order chi connectivity index (χ0) is 10.1. The van der Waals surface area contributed by atoms with Crippen LogP contribution < -0.4 is 11.5 Å². The van der Waals surface area contributed by atoms with E-state index in [4.69, 9.17) is 16.6 Å². The van der Waals surface area contributed by atoms with Gasteiger partial charge in [0.25, 0.3) is 0 Å². The van der Waals surface area contributed by atoms with Gasteiger partial charge >= 0.3 is 0 Å². The van der Waals surface area contributed by atoms with Gasteiger partial charge in [0.15, 0.2) is 0 Å². The molecule has 3 nitrogen and oxygen atoms in total. The molecule has 0 saturated heterocycles. The molecule has 0 fully saturated rings. The lowest BCUT2D eigenvalue weighted by atomic mass is 9.93. The topological polar surface area (TPSA) is 72.3 Å². The third-order valence-corrected chi connectivity index (χ3v) is 1.96. The van der Waals surface area contributed by atoms with Gasteiger partial charge in [0.1, 0.15) is 5.82 Å². The van der Waals surface area contributed by atoms with Crippen molar-refractivity contribution < 1.29 is 9.50 Å². The van der Waals surface area contributed by atoms with Crippen LogP contribution in [0.2, 0.25) is 0 Å². The quantitative estimate of drug-likeness (QED) is 0.588. The maximum Gasteiger partial charge on any atom is 0.125 e. The van der Waals surface area contributed by atoms with E-state index in [1.54, 1.807) is 6.92 Å². The van der Waals surface area contributed by atoms with Gasteiger partial charge in [-0.1, -0.05) is 6.07 Å². The van der Waals surface area contributed by atoms with Gasteiger partial charge in [-0.15, -0.1) is 0 Å². The Balaban J connectivity index is 3.16. The molecule has 1 atom stereocenters. The number of rotatable bonds is 2. The van der Waals surface area contributed by atoms with E-state index in [0.29, 0.717) is 5.56 Å². The predicted molar refractivity (Wildman–Crippen MR) is 49.4 cm³/mol. The average molecular weight is 184 g/mol. The van der Waals surface area contributed by atoms with Crippen LogP contribution in [0.25, 0.3) is 0 Å². The van der Waals surface area contributed by atoms with Crippen LogP contribution in [-0.2, 0) is 5.54 Å². The van der Waals surface area contributed by atoms with Crippen LogP contribution in [0, 0.1) is 5.82 Å². The molecule has 0 unspecified atom stereocenters. The number of aliphatic hydroxyl groups is 1. The summed E-state index contributed by atoms with van der Waals surface area (Å²) in [5.41, 5.74) is 11.2. The van der Waals surface area contributed by atoms with E-state index >= 15 is 0 Å². The highest BCUT2D eigenvalue weighted by molar-refractivity contribution is 5.50. The van der Waals surface area contributed by atoms with Crippen molar-refractivity contribution in [2.75, 3.05) is 12.3 Å². The minimum Gasteiger partial charge on any atom is -0.398 e. The first-order chi connectivity index (χ1) is 5.97. The van der Waals surface area contributed by atoms with Crippen LogP contribution in [-0.4, -0.2) is 11.7 Å². The van der Waals surface area contributed by atoms with Gasteiger partial charge in [-0.3, -0.25) is 0 Å². The van der Waals surface area contributed by atoms with Crippen molar-refractivity contribution in [3.8, 4) is 0 Å². The van der Waals surface area contributed by atoms with E-state index in [0.717, 1.165) is 0 Å². The van der Waals surface area contributed by atoms with Crippen LogP contribution in [0.4, 0.5) is 10.1 Å². The molecule has 72 valence electrons. The summed E-state index contributed by atoms with van der Waals surface area (Å²) in [5.74, 6) is -0.407. The fraction of sp³-hybridized carbons (Fsp3) is 0.333. The Labute approximate surface area is 76.2 Å². The molecule has 4 heteroatoms. The lowest BCUT2D eigenvalue weighted by Gasteiger charge is -2.23. The van der Waals surface area contributed by atoms with Crippen LogP contribution in [0.5, 0.6) is 0 Å². The summed E-state index contributed by atoms with van der Waals surface area (Å²) in [4.78, 5) is 0. The van der Waals surface area contributed by atoms with Gasteiger partial charge in [-0.2, -0.15) is 0 Å². The highest BCUT2D eigenvalue weighted by atomic mass is 19.1. The number of benzene rings is 1. The number of hydrogen-bond acceptors (Lipinski definition) is 3. The van der Waals surface area contributed by atoms with Crippen LogP contribution >= 0.6 is 0 Å². The Morgan fingerprint density at radius 1 is 1.54 bits per heavy atom. The number of hydrogen-bond donors (Lipinski definition) is 3. The number of aliphatic hydroxyl groups excluding tert-OH is 1. The largest absolute Gasteiger partial charge is 0.398 e. The van der Waals surface area contributed by atoms with E-state index in [2.05, 4.69) is 0 Å². The Hall–Kier alpha value is -1.13. The first kappa shape index (κ1) is 9.95. The molecule has 5 N–H and O–H groups in total. The summed E-state index contributed by atoms with van der Waals surface area (Å²) in [7, 11) is 0. The number of nitrogen functional groups attached to an aromatic ring is 1. The highest BCUT2D eigenvalue weighted by Gasteiger charge is 2.22. The summed E-state index contributed by atoms with van der Waals surface area (Å²) >= 11 is 0. The van der Waals surface area contributed by atoms with Crippen LogP contribution in [0.1, 0.15) is 12.5 Å².